The summed E-state index contributed by atoms with van der Waals surface area (Å²) in [6.45, 7) is 6.28. The second kappa shape index (κ2) is 7.63. The number of nitrogens with one attached hydrogen (secondary N) is 2. The molecule has 0 radical (unpaired) electrons. The largest absolute Gasteiger partial charge is 0.497 e. The molecule has 0 aliphatic carbocycles. The number of methoxy groups -OCH3 is 2. The van der Waals surface area contributed by atoms with Gasteiger partial charge in [0.15, 0.2) is 5.11 Å². The molecule has 104 valence electrons. The van der Waals surface area contributed by atoms with E-state index in [9.17, 15) is 0 Å². The minimum absolute atomic E-state index is 0.00913. The highest BCUT2D eigenvalue weighted by molar-refractivity contribution is 7.80. The predicted molar refractivity (Wildman–Crippen MR) is 81.9 cm³/mol. The van der Waals surface area contributed by atoms with Crippen LogP contribution in [0.2, 0.25) is 0 Å². The van der Waals surface area contributed by atoms with Crippen molar-refractivity contribution in [2.24, 2.45) is 0 Å². The van der Waals surface area contributed by atoms with E-state index in [-0.39, 0.29) is 6.04 Å². The van der Waals surface area contributed by atoms with E-state index in [1.165, 1.54) is 0 Å². The molecule has 0 saturated heterocycles. The van der Waals surface area contributed by atoms with Crippen LogP contribution in [0.3, 0.4) is 0 Å². The molecule has 0 saturated carbocycles. The van der Waals surface area contributed by atoms with E-state index in [0.29, 0.717) is 11.7 Å². The molecule has 2 N–H and O–H groups in total. The molecular formula is C14H20N2O2S. The van der Waals surface area contributed by atoms with Crippen LogP contribution in [0.4, 0.5) is 0 Å². The Morgan fingerprint density at radius 1 is 1.42 bits per heavy atom. The van der Waals surface area contributed by atoms with Gasteiger partial charge in [-0.1, -0.05) is 6.08 Å². The van der Waals surface area contributed by atoms with E-state index in [4.69, 9.17) is 21.7 Å². The highest BCUT2D eigenvalue weighted by Crippen LogP contribution is 2.29. The first-order valence-electron chi connectivity index (χ1n) is 5.99. The van der Waals surface area contributed by atoms with Crippen LogP contribution in [0.25, 0.3) is 0 Å². The molecule has 1 rings (SSSR count). The van der Waals surface area contributed by atoms with E-state index in [0.717, 1.165) is 17.1 Å². The lowest BCUT2D eigenvalue weighted by Gasteiger charge is -2.19. The van der Waals surface area contributed by atoms with Gasteiger partial charge in [-0.25, -0.2) is 0 Å². The Morgan fingerprint density at radius 2 is 2.16 bits per heavy atom. The third-order valence-electron chi connectivity index (χ3n) is 2.66. The minimum Gasteiger partial charge on any atom is -0.497 e. The zero-order valence-electron chi connectivity index (χ0n) is 11.5. The number of hydrogen-bond acceptors (Lipinski definition) is 3. The first kappa shape index (κ1) is 15.3. The van der Waals surface area contributed by atoms with Gasteiger partial charge >= 0.3 is 0 Å². The molecule has 0 aliphatic rings. The maximum atomic E-state index is 5.35. The summed E-state index contributed by atoms with van der Waals surface area (Å²) >= 11 is 5.19. The minimum atomic E-state index is 0.00913. The number of benzene rings is 1. The van der Waals surface area contributed by atoms with Gasteiger partial charge in [0.05, 0.1) is 20.3 Å². The number of ether oxygens (including phenoxy) is 2. The van der Waals surface area contributed by atoms with Crippen LogP contribution in [0.1, 0.15) is 18.5 Å². The normalized spacial score (nSPS) is 11.3. The molecule has 0 aromatic heterocycles. The Balaban J connectivity index is 2.82. The van der Waals surface area contributed by atoms with E-state index in [2.05, 4.69) is 17.2 Å². The summed E-state index contributed by atoms with van der Waals surface area (Å²) in [6, 6.07) is 5.69. The molecule has 1 aromatic carbocycles. The molecule has 0 spiro atoms. The highest BCUT2D eigenvalue weighted by Gasteiger charge is 2.13. The fraction of sp³-hybridized carbons (Fsp3) is 0.357. The zero-order chi connectivity index (χ0) is 14.3. The van der Waals surface area contributed by atoms with Gasteiger partial charge in [0.2, 0.25) is 0 Å². The van der Waals surface area contributed by atoms with Gasteiger partial charge in [-0.2, -0.15) is 0 Å². The van der Waals surface area contributed by atoms with Crippen LogP contribution in [-0.2, 0) is 0 Å². The standard InChI is InChI=1S/C14H20N2O2S/c1-5-8-15-14(19)16-10(2)12-9-11(17-3)6-7-13(12)18-4/h5-7,9-10H,1,8H2,2-4H3,(H2,15,16,19). The van der Waals surface area contributed by atoms with Gasteiger partial charge < -0.3 is 20.1 Å². The van der Waals surface area contributed by atoms with Crippen LogP contribution in [0.5, 0.6) is 11.5 Å². The molecule has 1 unspecified atom stereocenters. The molecule has 0 fully saturated rings. The molecular weight excluding hydrogens is 260 g/mol. The lowest BCUT2D eigenvalue weighted by atomic mass is 10.1. The van der Waals surface area contributed by atoms with Crippen molar-refractivity contribution in [3.05, 3.63) is 36.4 Å². The Labute approximate surface area is 119 Å². The van der Waals surface area contributed by atoms with Crippen molar-refractivity contribution >= 4 is 17.3 Å². The predicted octanol–water partition coefficient (Wildman–Crippen LogP) is 2.41. The average molecular weight is 280 g/mol. The van der Waals surface area contributed by atoms with Crippen molar-refractivity contribution in [2.45, 2.75) is 13.0 Å². The summed E-state index contributed by atoms with van der Waals surface area (Å²) in [5.41, 5.74) is 0.990. The maximum Gasteiger partial charge on any atom is 0.167 e. The van der Waals surface area contributed by atoms with Gasteiger partial charge in [0.1, 0.15) is 11.5 Å². The first-order chi connectivity index (χ1) is 9.12. The van der Waals surface area contributed by atoms with Gasteiger partial charge in [-0.3, -0.25) is 0 Å². The van der Waals surface area contributed by atoms with Crippen LogP contribution in [-0.4, -0.2) is 25.9 Å². The summed E-state index contributed by atoms with van der Waals surface area (Å²) in [6.07, 6.45) is 1.75. The Kier molecular flexibility index (Phi) is 6.15. The molecule has 19 heavy (non-hydrogen) atoms. The third-order valence-corrected chi connectivity index (χ3v) is 2.92. The number of hydrogen-bond donors (Lipinski definition) is 2. The fourth-order valence-electron chi connectivity index (χ4n) is 1.67. The second-order valence-corrected chi connectivity index (χ2v) is 4.38. The number of rotatable bonds is 6. The van der Waals surface area contributed by atoms with E-state index in [1.54, 1.807) is 20.3 Å². The van der Waals surface area contributed by atoms with Gasteiger partial charge in [0.25, 0.3) is 0 Å². The summed E-state index contributed by atoms with van der Waals surface area (Å²) in [4.78, 5) is 0. The van der Waals surface area contributed by atoms with Crippen molar-refractivity contribution in [3.63, 3.8) is 0 Å². The molecule has 0 bridgehead atoms. The van der Waals surface area contributed by atoms with Crippen molar-refractivity contribution in [1.29, 1.82) is 0 Å². The summed E-state index contributed by atoms with van der Waals surface area (Å²) in [5.74, 6) is 1.58. The Morgan fingerprint density at radius 3 is 2.74 bits per heavy atom. The topological polar surface area (TPSA) is 42.5 Å². The summed E-state index contributed by atoms with van der Waals surface area (Å²) in [5, 5.41) is 6.80. The van der Waals surface area contributed by atoms with Crippen LogP contribution < -0.4 is 20.1 Å². The van der Waals surface area contributed by atoms with Gasteiger partial charge in [-0.15, -0.1) is 6.58 Å². The van der Waals surface area contributed by atoms with E-state index < -0.39 is 0 Å². The van der Waals surface area contributed by atoms with Gasteiger partial charge in [0, 0.05) is 12.1 Å². The smallest absolute Gasteiger partial charge is 0.167 e. The molecule has 0 heterocycles. The zero-order valence-corrected chi connectivity index (χ0v) is 12.3. The Hall–Kier alpha value is -1.75. The van der Waals surface area contributed by atoms with Crippen LogP contribution in [0.15, 0.2) is 30.9 Å². The molecule has 0 amide bonds. The molecule has 0 aliphatic heterocycles. The van der Waals surface area contributed by atoms with Crippen molar-refractivity contribution in [2.75, 3.05) is 20.8 Å². The van der Waals surface area contributed by atoms with Crippen LogP contribution in [0, 0.1) is 0 Å². The number of thiocarbonyl (C=S) groups is 1. The molecule has 5 heteroatoms. The first-order valence-corrected chi connectivity index (χ1v) is 6.40. The summed E-state index contributed by atoms with van der Waals surface area (Å²) < 4.78 is 10.6. The monoisotopic (exact) mass is 280 g/mol. The quantitative estimate of drug-likeness (QED) is 0.619. The van der Waals surface area contributed by atoms with E-state index in [1.807, 2.05) is 25.1 Å². The molecule has 4 nitrogen and oxygen atoms in total. The van der Waals surface area contributed by atoms with Gasteiger partial charge in [-0.05, 0) is 37.3 Å². The lowest BCUT2D eigenvalue weighted by Crippen LogP contribution is -2.36. The van der Waals surface area contributed by atoms with E-state index >= 15 is 0 Å². The Bertz CT molecular complexity index is 449. The second-order valence-electron chi connectivity index (χ2n) is 3.97. The average Bonchev–Trinajstić information content (AvgIpc) is 2.44. The van der Waals surface area contributed by atoms with Crippen molar-refractivity contribution in [3.8, 4) is 11.5 Å². The lowest BCUT2D eigenvalue weighted by molar-refractivity contribution is 0.395. The maximum absolute atomic E-state index is 5.35. The molecule has 1 atom stereocenters. The van der Waals surface area contributed by atoms with Crippen molar-refractivity contribution < 1.29 is 9.47 Å². The summed E-state index contributed by atoms with van der Waals surface area (Å²) in [7, 11) is 3.28. The molecule has 1 aromatic rings. The third kappa shape index (κ3) is 4.44. The SMILES string of the molecule is C=CCNC(=S)NC(C)c1cc(OC)ccc1OC. The highest BCUT2D eigenvalue weighted by atomic mass is 32.1. The van der Waals surface area contributed by atoms with Crippen LogP contribution >= 0.6 is 12.2 Å². The fourth-order valence-corrected chi connectivity index (χ4v) is 1.93. The van der Waals surface area contributed by atoms with Crippen molar-refractivity contribution in [1.82, 2.24) is 10.6 Å².